The second-order valence-electron chi connectivity index (χ2n) is 4.70. The van der Waals surface area contributed by atoms with Crippen molar-refractivity contribution in [1.82, 2.24) is 9.38 Å². The third-order valence-corrected chi connectivity index (χ3v) is 3.42. The molecule has 3 aromatic rings. The number of amides is 1. The van der Waals surface area contributed by atoms with E-state index in [1.807, 2.05) is 59.3 Å². The Balaban J connectivity index is 2.16. The number of benzene rings is 1. The van der Waals surface area contributed by atoms with Gasteiger partial charge < -0.3 is 4.90 Å². The SMILES string of the molecule is CC(=O)N(C)c1ccc2ncc(-c3ccccc3)n2c1. The van der Waals surface area contributed by atoms with Crippen LogP contribution in [0.4, 0.5) is 5.69 Å². The molecule has 0 radical (unpaired) electrons. The summed E-state index contributed by atoms with van der Waals surface area (Å²) in [5, 5.41) is 0. The zero-order chi connectivity index (χ0) is 14.1. The molecule has 0 aliphatic rings. The number of carbonyl (C=O) groups excluding carboxylic acids is 1. The first-order valence-electron chi connectivity index (χ1n) is 6.43. The molecular formula is C16H15N3O. The van der Waals surface area contributed by atoms with E-state index in [1.165, 1.54) is 0 Å². The second-order valence-corrected chi connectivity index (χ2v) is 4.70. The number of hydrogen-bond donors (Lipinski definition) is 0. The molecule has 20 heavy (non-hydrogen) atoms. The maximum Gasteiger partial charge on any atom is 0.223 e. The fourth-order valence-corrected chi connectivity index (χ4v) is 2.17. The van der Waals surface area contributed by atoms with Gasteiger partial charge in [-0.1, -0.05) is 30.3 Å². The summed E-state index contributed by atoms with van der Waals surface area (Å²) in [5.41, 5.74) is 3.83. The average molecular weight is 265 g/mol. The molecule has 3 rings (SSSR count). The molecule has 0 saturated carbocycles. The van der Waals surface area contributed by atoms with Crippen LogP contribution in [0.1, 0.15) is 6.92 Å². The van der Waals surface area contributed by atoms with Gasteiger partial charge in [0.1, 0.15) is 5.65 Å². The number of carbonyl (C=O) groups is 1. The molecular weight excluding hydrogens is 250 g/mol. The smallest absolute Gasteiger partial charge is 0.223 e. The number of fused-ring (bicyclic) bond motifs is 1. The highest BCUT2D eigenvalue weighted by Gasteiger charge is 2.09. The van der Waals surface area contributed by atoms with E-state index in [4.69, 9.17) is 0 Å². The molecule has 0 N–H and O–H groups in total. The fourth-order valence-electron chi connectivity index (χ4n) is 2.17. The van der Waals surface area contributed by atoms with Crippen molar-refractivity contribution in [2.75, 3.05) is 11.9 Å². The number of hydrogen-bond acceptors (Lipinski definition) is 2. The van der Waals surface area contributed by atoms with E-state index >= 15 is 0 Å². The van der Waals surface area contributed by atoms with Crippen molar-refractivity contribution in [2.24, 2.45) is 0 Å². The summed E-state index contributed by atoms with van der Waals surface area (Å²) >= 11 is 0. The van der Waals surface area contributed by atoms with Gasteiger partial charge in [-0.15, -0.1) is 0 Å². The monoisotopic (exact) mass is 265 g/mol. The van der Waals surface area contributed by atoms with Crippen LogP contribution in [-0.4, -0.2) is 22.3 Å². The molecule has 2 heterocycles. The second kappa shape index (κ2) is 4.81. The third kappa shape index (κ3) is 2.05. The number of nitrogens with zero attached hydrogens (tertiary/aromatic N) is 3. The van der Waals surface area contributed by atoms with Gasteiger partial charge in [0.25, 0.3) is 0 Å². The summed E-state index contributed by atoms with van der Waals surface area (Å²) in [5.74, 6) is 0.00530. The van der Waals surface area contributed by atoms with Crippen LogP contribution in [0.3, 0.4) is 0 Å². The first-order chi connectivity index (χ1) is 9.66. The average Bonchev–Trinajstić information content (AvgIpc) is 2.90. The fraction of sp³-hybridized carbons (Fsp3) is 0.125. The Labute approximate surface area is 117 Å². The van der Waals surface area contributed by atoms with E-state index in [0.29, 0.717) is 0 Å². The van der Waals surface area contributed by atoms with Gasteiger partial charge in [0.15, 0.2) is 0 Å². The third-order valence-electron chi connectivity index (χ3n) is 3.42. The Bertz CT molecular complexity index is 762. The Hall–Kier alpha value is -2.62. The van der Waals surface area contributed by atoms with E-state index in [-0.39, 0.29) is 5.91 Å². The van der Waals surface area contributed by atoms with Crippen LogP contribution in [0.25, 0.3) is 16.9 Å². The van der Waals surface area contributed by atoms with Gasteiger partial charge >= 0.3 is 0 Å². The largest absolute Gasteiger partial charge is 0.314 e. The molecule has 1 aromatic carbocycles. The molecule has 0 saturated heterocycles. The van der Waals surface area contributed by atoms with Gasteiger partial charge in [0.2, 0.25) is 5.91 Å². The molecule has 0 unspecified atom stereocenters. The molecule has 0 atom stereocenters. The Kier molecular flexibility index (Phi) is 2.99. The molecule has 4 heteroatoms. The summed E-state index contributed by atoms with van der Waals surface area (Å²) in [4.78, 5) is 17.5. The van der Waals surface area contributed by atoms with Crippen molar-refractivity contribution in [3.8, 4) is 11.3 Å². The summed E-state index contributed by atoms with van der Waals surface area (Å²) in [6.45, 7) is 1.55. The van der Waals surface area contributed by atoms with Crippen molar-refractivity contribution >= 4 is 17.2 Å². The molecule has 0 fully saturated rings. The van der Waals surface area contributed by atoms with Gasteiger partial charge in [-0.2, -0.15) is 0 Å². The zero-order valence-corrected chi connectivity index (χ0v) is 11.4. The van der Waals surface area contributed by atoms with E-state index in [2.05, 4.69) is 4.98 Å². The zero-order valence-electron chi connectivity index (χ0n) is 11.4. The Morgan fingerprint density at radius 3 is 2.60 bits per heavy atom. The predicted octanol–water partition coefficient (Wildman–Crippen LogP) is 2.98. The topological polar surface area (TPSA) is 37.6 Å². The van der Waals surface area contributed by atoms with Gasteiger partial charge in [-0.25, -0.2) is 4.98 Å². The maximum atomic E-state index is 11.5. The molecule has 0 spiro atoms. The minimum absolute atomic E-state index is 0.00530. The minimum Gasteiger partial charge on any atom is -0.314 e. The first kappa shape index (κ1) is 12.4. The quantitative estimate of drug-likeness (QED) is 0.714. The standard InChI is InChI=1S/C16H15N3O/c1-12(20)18(2)14-8-9-16-17-10-15(19(16)11-14)13-6-4-3-5-7-13/h3-11H,1-2H3. The number of imidazole rings is 1. The highest BCUT2D eigenvalue weighted by atomic mass is 16.2. The highest BCUT2D eigenvalue weighted by molar-refractivity contribution is 5.90. The van der Waals surface area contributed by atoms with Crippen molar-refractivity contribution in [3.05, 3.63) is 54.9 Å². The molecule has 0 aliphatic heterocycles. The summed E-state index contributed by atoms with van der Waals surface area (Å²) < 4.78 is 2.00. The maximum absolute atomic E-state index is 11.5. The minimum atomic E-state index is 0.00530. The van der Waals surface area contributed by atoms with Crippen molar-refractivity contribution in [3.63, 3.8) is 0 Å². The summed E-state index contributed by atoms with van der Waals surface area (Å²) in [6.07, 6.45) is 3.79. The Morgan fingerprint density at radius 1 is 1.15 bits per heavy atom. The van der Waals surface area contributed by atoms with Crippen LogP contribution in [0, 0.1) is 0 Å². The van der Waals surface area contributed by atoms with E-state index in [1.54, 1.807) is 18.9 Å². The van der Waals surface area contributed by atoms with E-state index in [9.17, 15) is 4.79 Å². The van der Waals surface area contributed by atoms with E-state index in [0.717, 1.165) is 22.6 Å². The van der Waals surface area contributed by atoms with Crippen LogP contribution < -0.4 is 4.90 Å². The lowest BCUT2D eigenvalue weighted by Crippen LogP contribution is -2.23. The van der Waals surface area contributed by atoms with Crippen LogP contribution in [0.5, 0.6) is 0 Å². The predicted molar refractivity (Wildman–Crippen MR) is 79.7 cm³/mol. The Morgan fingerprint density at radius 2 is 1.90 bits per heavy atom. The number of anilines is 1. The normalized spacial score (nSPS) is 10.7. The lowest BCUT2D eigenvalue weighted by atomic mass is 10.2. The first-order valence-corrected chi connectivity index (χ1v) is 6.43. The van der Waals surface area contributed by atoms with E-state index < -0.39 is 0 Å². The molecule has 4 nitrogen and oxygen atoms in total. The molecule has 0 aliphatic carbocycles. The van der Waals surface area contributed by atoms with Gasteiger partial charge in [-0.05, 0) is 12.1 Å². The van der Waals surface area contributed by atoms with Crippen molar-refractivity contribution in [2.45, 2.75) is 6.92 Å². The van der Waals surface area contributed by atoms with Crippen LogP contribution in [0.15, 0.2) is 54.9 Å². The number of aromatic nitrogens is 2. The summed E-state index contributed by atoms with van der Waals surface area (Å²) in [6, 6.07) is 13.9. The van der Waals surface area contributed by atoms with Crippen molar-refractivity contribution in [1.29, 1.82) is 0 Å². The molecule has 0 bridgehead atoms. The van der Waals surface area contributed by atoms with Gasteiger partial charge in [-0.3, -0.25) is 9.20 Å². The number of rotatable bonds is 2. The molecule has 100 valence electrons. The van der Waals surface area contributed by atoms with Gasteiger partial charge in [0, 0.05) is 25.7 Å². The molecule has 1 amide bonds. The lowest BCUT2D eigenvalue weighted by Gasteiger charge is -2.15. The highest BCUT2D eigenvalue weighted by Crippen LogP contribution is 2.23. The number of pyridine rings is 1. The van der Waals surface area contributed by atoms with Crippen LogP contribution in [0.2, 0.25) is 0 Å². The van der Waals surface area contributed by atoms with Gasteiger partial charge in [0.05, 0.1) is 17.6 Å². The van der Waals surface area contributed by atoms with Crippen LogP contribution >= 0.6 is 0 Å². The van der Waals surface area contributed by atoms with Crippen molar-refractivity contribution < 1.29 is 4.79 Å². The summed E-state index contributed by atoms with van der Waals surface area (Å²) in [7, 11) is 1.77. The molecule has 2 aromatic heterocycles. The van der Waals surface area contributed by atoms with Crippen LogP contribution in [-0.2, 0) is 4.79 Å². The lowest BCUT2D eigenvalue weighted by molar-refractivity contribution is -0.116.